The molecule has 1 aromatic carbocycles. The molecule has 0 aromatic heterocycles. The molecule has 1 unspecified atom stereocenters. The van der Waals surface area contributed by atoms with Gasteiger partial charge in [-0.05, 0) is 31.4 Å². The summed E-state index contributed by atoms with van der Waals surface area (Å²) >= 11 is 0. The van der Waals surface area contributed by atoms with Crippen LogP contribution in [0.4, 0.5) is 15.8 Å². The van der Waals surface area contributed by atoms with Crippen LogP contribution in [-0.2, 0) is 0 Å². The van der Waals surface area contributed by atoms with E-state index in [1.165, 1.54) is 6.07 Å². The van der Waals surface area contributed by atoms with Crippen molar-refractivity contribution in [3.8, 4) is 0 Å². The minimum atomic E-state index is -0.624. The number of nitro benzene ring substituents is 1. The summed E-state index contributed by atoms with van der Waals surface area (Å²) < 4.78 is 13.3. The van der Waals surface area contributed by atoms with Crippen LogP contribution >= 0.6 is 0 Å². The fourth-order valence-electron chi connectivity index (χ4n) is 1.54. The molecule has 100 valence electrons. The summed E-state index contributed by atoms with van der Waals surface area (Å²) in [6.07, 6.45) is 0.689. The topological polar surface area (TPSA) is 75.4 Å². The predicted octanol–water partition coefficient (Wildman–Crippen LogP) is 2.62. The van der Waals surface area contributed by atoms with E-state index in [4.69, 9.17) is 0 Å². The molecule has 18 heavy (non-hydrogen) atoms. The number of aliphatic hydroxyl groups is 1. The predicted molar refractivity (Wildman–Crippen MR) is 67.2 cm³/mol. The zero-order chi connectivity index (χ0) is 13.7. The highest BCUT2D eigenvalue weighted by Crippen LogP contribution is 2.27. The van der Waals surface area contributed by atoms with Crippen molar-refractivity contribution in [1.82, 2.24) is 0 Å². The monoisotopic (exact) mass is 256 g/mol. The van der Waals surface area contributed by atoms with Gasteiger partial charge in [0.25, 0.3) is 5.69 Å². The molecule has 5 nitrogen and oxygen atoms in total. The molecule has 0 spiro atoms. The molecule has 0 radical (unpaired) electrons. The summed E-state index contributed by atoms with van der Waals surface area (Å²) in [5, 5.41) is 23.0. The van der Waals surface area contributed by atoms with Crippen molar-refractivity contribution in [2.24, 2.45) is 0 Å². The molecule has 1 aromatic rings. The second kappa shape index (κ2) is 6.30. The molecule has 0 saturated heterocycles. The third-order valence-corrected chi connectivity index (χ3v) is 2.74. The summed E-state index contributed by atoms with van der Waals surface area (Å²) in [5.74, 6) is -0.596. The van der Waals surface area contributed by atoms with E-state index in [9.17, 15) is 19.6 Å². The SMILES string of the molecule is CCC(O)CCNc1cc(C)c(F)cc1[N+](=O)[O-]. The van der Waals surface area contributed by atoms with Crippen molar-refractivity contribution < 1.29 is 14.4 Å². The van der Waals surface area contributed by atoms with Crippen LogP contribution in [0.2, 0.25) is 0 Å². The second-order valence-corrected chi connectivity index (χ2v) is 4.15. The van der Waals surface area contributed by atoms with E-state index in [2.05, 4.69) is 5.32 Å². The first-order valence-electron chi connectivity index (χ1n) is 5.82. The summed E-state index contributed by atoms with van der Waals surface area (Å²) in [4.78, 5) is 10.2. The molecule has 0 saturated carbocycles. The van der Waals surface area contributed by atoms with Gasteiger partial charge in [0.1, 0.15) is 11.5 Å². The molecule has 0 bridgehead atoms. The molecule has 1 rings (SSSR count). The van der Waals surface area contributed by atoms with Crippen LogP contribution < -0.4 is 5.32 Å². The minimum absolute atomic E-state index is 0.280. The maximum Gasteiger partial charge on any atom is 0.295 e. The van der Waals surface area contributed by atoms with E-state index in [-0.39, 0.29) is 11.4 Å². The number of hydrogen-bond acceptors (Lipinski definition) is 4. The summed E-state index contributed by atoms with van der Waals surface area (Å²) in [6, 6.07) is 2.32. The lowest BCUT2D eigenvalue weighted by atomic mass is 10.1. The van der Waals surface area contributed by atoms with Crippen LogP contribution in [0, 0.1) is 22.9 Å². The smallest absolute Gasteiger partial charge is 0.295 e. The highest BCUT2D eigenvalue weighted by Gasteiger charge is 2.16. The number of nitrogens with one attached hydrogen (secondary N) is 1. The van der Waals surface area contributed by atoms with Gasteiger partial charge in [-0.25, -0.2) is 4.39 Å². The molecule has 0 fully saturated rings. The first-order chi connectivity index (χ1) is 8.45. The van der Waals surface area contributed by atoms with Gasteiger partial charge in [-0.15, -0.1) is 0 Å². The van der Waals surface area contributed by atoms with Crippen molar-refractivity contribution in [2.45, 2.75) is 32.8 Å². The summed E-state index contributed by atoms with van der Waals surface area (Å²) in [5.41, 5.74) is 0.338. The zero-order valence-electron chi connectivity index (χ0n) is 10.4. The fraction of sp³-hybridized carbons (Fsp3) is 0.500. The van der Waals surface area contributed by atoms with E-state index >= 15 is 0 Å². The van der Waals surface area contributed by atoms with Crippen molar-refractivity contribution >= 4 is 11.4 Å². The number of aliphatic hydroxyl groups excluding tert-OH is 1. The first-order valence-corrected chi connectivity index (χ1v) is 5.82. The van der Waals surface area contributed by atoms with E-state index in [1.54, 1.807) is 6.92 Å². The Bertz CT molecular complexity index is 438. The third-order valence-electron chi connectivity index (χ3n) is 2.74. The van der Waals surface area contributed by atoms with Crippen molar-refractivity contribution in [3.63, 3.8) is 0 Å². The van der Waals surface area contributed by atoms with Crippen LogP contribution in [0.1, 0.15) is 25.3 Å². The molecule has 6 heteroatoms. The van der Waals surface area contributed by atoms with Crippen molar-refractivity contribution in [2.75, 3.05) is 11.9 Å². The third kappa shape index (κ3) is 3.66. The molecule has 2 N–H and O–H groups in total. The number of nitro groups is 1. The van der Waals surface area contributed by atoms with Crippen molar-refractivity contribution in [1.29, 1.82) is 0 Å². The molecular weight excluding hydrogens is 239 g/mol. The van der Waals surface area contributed by atoms with Gasteiger partial charge in [-0.3, -0.25) is 10.1 Å². The van der Waals surface area contributed by atoms with E-state index in [0.29, 0.717) is 24.9 Å². The Hall–Kier alpha value is -1.69. The number of benzene rings is 1. The van der Waals surface area contributed by atoms with Crippen LogP contribution in [0.25, 0.3) is 0 Å². The Morgan fingerprint density at radius 3 is 2.78 bits per heavy atom. The number of aryl methyl sites for hydroxylation is 1. The van der Waals surface area contributed by atoms with Crippen LogP contribution in [0.3, 0.4) is 0 Å². The first kappa shape index (κ1) is 14.4. The van der Waals surface area contributed by atoms with Gasteiger partial charge in [0.05, 0.1) is 17.1 Å². The van der Waals surface area contributed by atoms with Crippen LogP contribution in [-0.4, -0.2) is 22.7 Å². The normalized spacial score (nSPS) is 12.2. The van der Waals surface area contributed by atoms with Gasteiger partial charge in [0.15, 0.2) is 0 Å². The maximum absolute atomic E-state index is 13.3. The number of nitrogens with zero attached hydrogens (tertiary/aromatic N) is 1. The quantitative estimate of drug-likeness (QED) is 0.606. The Morgan fingerprint density at radius 2 is 2.22 bits per heavy atom. The lowest BCUT2D eigenvalue weighted by Crippen LogP contribution is -2.13. The molecule has 0 aliphatic heterocycles. The average molecular weight is 256 g/mol. The number of halogens is 1. The highest BCUT2D eigenvalue weighted by atomic mass is 19.1. The zero-order valence-corrected chi connectivity index (χ0v) is 10.4. The van der Waals surface area contributed by atoms with Crippen LogP contribution in [0.15, 0.2) is 12.1 Å². The minimum Gasteiger partial charge on any atom is -0.393 e. The Balaban J connectivity index is 2.80. The maximum atomic E-state index is 13.3. The lowest BCUT2D eigenvalue weighted by molar-refractivity contribution is -0.384. The summed E-state index contributed by atoms with van der Waals surface area (Å²) in [7, 11) is 0. The van der Waals surface area contributed by atoms with Crippen molar-refractivity contribution in [3.05, 3.63) is 33.6 Å². The largest absolute Gasteiger partial charge is 0.393 e. The standard InChI is InChI=1S/C12H17FN2O3/c1-3-9(16)4-5-14-11-6-8(2)10(13)7-12(11)15(17)18/h6-7,9,14,16H,3-5H2,1-2H3. The van der Waals surface area contributed by atoms with Gasteiger partial charge in [0.2, 0.25) is 0 Å². The Labute approximate surface area is 105 Å². The van der Waals surface area contributed by atoms with E-state index in [1.807, 2.05) is 6.92 Å². The lowest BCUT2D eigenvalue weighted by Gasteiger charge is -2.11. The number of hydrogen-bond donors (Lipinski definition) is 2. The molecule has 1 atom stereocenters. The van der Waals surface area contributed by atoms with E-state index in [0.717, 1.165) is 6.07 Å². The van der Waals surface area contributed by atoms with Gasteiger partial charge >= 0.3 is 0 Å². The Kier molecular flexibility index (Phi) is 5.03. The highest BCUT2D eigenvalue weighted by molar-refractivity contribution is 5.63. The number of anilines is 1. The van der Waals surface area contributed by atoms with E-state index < -0.39 is 16.8 Å². The van der Waals surface area contributed by atoms with Gasteiger partial charge < -0.3 is 10.4 Å². The molecule has 0 aliphatic rings. The molecule has 0 aliphatic carbocycles. The van der Waals surface area contributed by atoms with Gasteiger partial charge in [-0.2, -0.15) is 0 Å². The van der Waals surface area contributed by atoms with Gasteiger partial charge in [-0.1, -0.05) is 6.92 Å². The Morgan fingerprint density at radius 1 is 1.56 bits per heavy atom. The number of rotatable bonds is 6. The fourth-order valence-corrected chi connectivity index (χ4v) is 1.54. The summed E-state index contributed by atoms with van der Waals surface area (Å²) in [6.45, 7) is 3.81. The molecular formula is C12H17FN2O3. The average Bonchev–Trinajstić information content (AvgIpc) is 2.32. The molecule has 0 amide bonds. The molecule has 0 heterocycles. The van der Waals surface area contributed by atoms with Crippen LogP contribution in [0.5, 0.6) is 0 Å². The van der Waals surface area contributed by atoms with Gasteiger partial charge in [0, 0.05) is 6.54 Å². The second-order valence-electron chi connectivity index (χ2n) is 4.15.